The topological polar surface area (TPSA) is 187 Å². The van der Waals surface area contributed by atoms with Crippen molar-refractivity contribution < 1.29 is 35.1 Å². The number of furan rings is 1. The molecule has 1 heterocycles. The molecule has 1 aromatic heterocycles. The van der Waals surface area contributed by atoms with Crippen LogP contribution in [0.25, 0.3) is 0 Å². The number of nitriles is 1. The highest BCUT2D eigenvalue weighted by molar-refractivity contribution is 7.91. The highest BCUT2D eigenvalue weighted by Crippen LogP contribution is 2.30. The van der Waals surface area contributed by atoms with Gasteiger partial charge >= 0.3 is 10.1 Å². The van der Waals surface area contributed by atoms with Crippen molar-refractivity contribution in [3.8, 4) is 17.6 Å². The maximum absolute atomic E-state index is 13.6. The molecular formula is C25H29N5O8S2. The molecule has 0 saturated heterocycles. The van der Waals surface area contributed by atoms with Crippen LogP contribution < -0.4 is 20.2 Å². The van der Waals surface area contributed by atoms with E-state index in [1.807, 2.05) is 13.0 Å². The third kappa shape index (κ3) is 8.12. The maximum Gasteiger partial charge on any atom is 0.340 e. The molecule has 0 aliphatic heterocycles. The Labute approximate surface area is 232 Å². The summed E-state index contributed by atoms with van der Waals surface area (Å²) < 4.78 is 65.6. The molecule has 0 bridgehead atoms. The minimum Gasteiger partial charge on any atom is -0.468 e. The summed E-state index contributed by atoms with van der Waals surface area (Å²) >= 11 is 0. The van der Waals surface area contributed by atoms with Crippen LogP contribution in [0.2, 0.25) is 0 Å². The number of benzene rings is 2. The van der Waals surface area contributed by atoms with Crippen molar-refractivity contribution in [1.82, 2.24) is 9.79 Å². The van der Waals surface area contributed by atoms with Crippen molar-refractivity contribution in [2.75, 3.05) is 13.2 Å². The fourth-order valence-corrected chi connectivity index (χ4v) is 6.47. The van der Waals surface area contributed by atoms with Crippen molar-refractivity contribution in [1.29, 1.82) is 5.26 Å². The smallest absolute Gasteiger partial charge is 0.340 e. The van der Waals surface area contributed by atoms with E-state index in [2.05, 4.69) is 10.6 Å². The number of aryl methyl sites for hydroxylation is 1. The Morgan fingerprint density at radius 1 is 1.10 bits per heavy atom. The number of nitrogens with zero attached hydrogens (tertiary/aromatic N) is 3. The summed E-state index contributed by atoms with van der Waals surface area (Å²) in [4.78, 5) is 9.19. The van der Waals surface area contributed by atoms with Crippen LogP contribution in [0, 0.1) is 18.3 Å². The van der Waals surface area contributed by atoms with E-state index < -0.39 is 29.9 Å². The zero-order valence-electron chi connectivity index (χ0n) is 21.8. The summed E-state index contributed by atoms with van der Waals surface area (Å²) in [6.45, 7) is 3.55. The van der Waals surface area contributed by atoms with Crippen LogP contribution >= 0.6 is 0 Å². The van der Waals surface area contributed by atoms with Gasteiger partial charge in [0.1, 0.15) is 27.9 Å². The fraction of sp³-hybridized carbons (Fsp3) is 0.280. The molecule has 15 heteroatoms. The van der Waals surface area contributed by atoms with Crippen molar-refractivity contribution in [2.45, 2.75) is 43.0 Å². The molecule has 0 amide bonds. The van der Waals surface area contributed by atoms with E-state index in [1.165, 1.54) is 30.5 Å². The lowest BCUT2D eigenvalue weighted by molar-refractivity contribution is 0.138. The largest absolute Gasteiger partial charge is 0.468 e. The van der Waals surface area contributed by atoms with Gasteiger partial charge in [-0.1, -0.05) is 19.1 Å². The molecule has 0 saturated carbocycles. The van der Waals surface area contributed by atoms with Gasteiger partial charge in [-0.05, 0) is 60.5 Å². The first-order valence-corrected chi connectivity index (χ1v) is 14.8. The molecule has 13 nitrogen and oxygen atoms in total. The van der Waals surface area contributed by atoms with Crippen LogP contribution in [0.4, 0.5) is 0 Å². The lowest BCUT2D eigenvalue weighted by Crippen LogP contribution is -2.34. The zero-order valence-corrected chi connectivity index (χ0v) is 23.4. The molecule has 3 rings (SSSR count). The quantitative estimate of drug-likeness (QED) is 0.0922. The monoisotopic (exact) mass is 591 g/mol. The lowest BCUT2D eigenvalue weighted by Gasteiger charge is -2.21. The Hall–Kier alpha value is -4.26. The molecule has 2 aromatic carbocycles. The van der Waals surface area contributed by atoms with E-state index in [0.717, 1.165) is 22.9 Å². The average molecular weight is 592 g/mol. The van der Waals surface area contributed by atoms with Gasteiger partial charge in [0.25, 0.3) is 5.96 Å². The minimum atomic E-state index is -4.66. The summed E-state index contributed by atoms with van der Waals surface area (Å²) in [5.74, 6) is 0.154. The van der Waals surface area contributed by atoms with Crippen LogP contribution in [-0.4, -0.2) is 40.3 Å². The standard InChI is InChI=1S/C25H29N5O8S2/c1-3-13-36-28-25(27)29-37-21-15-19(2)16-22(17-21)38-40(33,34)24-10-5-4-9-23(24)39(31,32)30(12-7-11-26)18-20-8-6-14-35-20/h4-6,8-10,14-17H,3,7,12-13,18H2,1-2H3,(H3,27,28,29). The highest BCUT2D eigenvalue weighted by atomic mass is 32.2. The van der Waals surface area contributed by atoms with Gasteiger partial charge in [0, 0.05) is 19.0 Å². The number of rotatable bonds is 14. The molecule has 0 aliphatic rings. The second-order valence-electron chi connectivity index (χ2n) is 8.31. The molecular weight excluding hydrogens is 562 g/mol. The predicted octanol–water partition coefficient (Wildman–Crippen LogP) is 3.00. The zero-order chi connectivity index (χ0) is 29.2. The number of hydroxylamine groups is 1. The van der Waals surface area contributed by atoms with E-state index in [1.54, 1.807) is 25.1 Å². The molecule has 214 valence electrons. The molecule has 0 spiro atoms. The summed E-state index contributed by atoms with van der Waals surface area (Å²) in [5, 5.41) is 12.7. The third-order valence-corrected chi connectivity index (χ3v) is 8.42. The highest BCUT2D eigenvalue weighted by Gasteiger charge is 2.33. The van der Waals surface area contributed by atoms with Crippen molar-refractivity contribution in [3.63, 3.8) is 0 Å². The SMILES string of the molecule is CCCON=C(N)NOc1cc(C)cc(OS(=O)(=O)c2ccccc2S(=O)(=O)N(CCC#N)Cc2ccco2)c1. The Morgan fingerprint density at radius 2 is 1.82 bits per heavy atom. The number of oxime groups is 1. The summed E-state index contributed by atoms with van der Waals surface area (Å²) in [7, 11) is -9.07. The molecule has 0 fully saturated rings. The third-order valence-electron chi connectivity index (χ3n) is 5.08. The summed E-state index contributed by atoms with van der Waals surface area (Å²) in [6, 6.07) is 14.4. The van der Waals surface area contributed by atoms with Crippen LogP contribution in [0.1, 0.15) is 31.1 Å². The molecule has 0 unspecified atom stereocenters. The van der Waals surface area contributed by atoms with E-state index in [0.29, 0.717) is 17.9 Å². The van der Waals surface area contributed by atoms with Crippen molar-refractivity contribution >= 4 is 26.1 Å². The number of nitrogens with one attached hydrogen (secondary N) is 1. The molecule has 0 atom stereocenters. The number of guanidine groups is 1. The first-order valence-electron chi connectivity index (χ1n) is 12.0. The first kappa shape index (κ1) is 30.3. The van der Waals surface area contributed by atoms with Gasteiger partial charge in [-0.3, -0.25) is 0 Å². The minimum absolute atomic E-state index is 0.120. The van der Waals surface area contributed by atoms with Gasteiger partial charge in [-0.2, -0.15) is 23.5 Å². The molecule has 40 heavy (non-hydrogen) atoms. The van der Waals surface area contributed by atoms with Gasteiger partial charge in [0.15, 0.2) is 5.75 Å². The number of nitrogens with two attached hydrogens (primary N) is 1. The number of hydrogen-bond donors (Lipinski definition) is 2. The van der Waals surface area contributed by atoms with Gasteiger partial charge in [-0.15, -0.1) is 0 Å². The molecule has 0 radical (unpaired) electrons. The van der Waals surface area contributed by atoms with Crippen LogP contribution in [0.5, 0.6) is 11.5 Å². The second kappa shape index (κ2) is 13.7. The Balaban J connectivity index is 1.89. The van der Waals surface area contributed by atoms with Crippen LogP contribution in [0.3, 0.4) is 0 Å². The van der Waals surface area contributed by atoms with Crippen molar-refractivity contribution in [3.05, 3.63) is 72.2 Å². The summed E-state index contributed by atoms with van der Waals surface area (Å²) in [6.07, 6.45) is 2.00. The van der Waals surface area contributed by atoms with E-state index >= 15 is 0 Å². The molecule has 0 aliphatic carbocycles. The maximum atomic E-state index is 13.6. The van der Waals surface area contributed by atoms with E-state index in [-0.39, 0.29) is 37.0 Å². The van der Waals surface area contributed by atoms with E-state index in [4.69, 9.17) is 29.3 Å². The van der Waals surface area contributed by atoms with Crippen molar-refractivity contribution in [2.24, 2.45) is 10.9 Å². The van der Waals surface area contributed by atoms with Crippen LogP contribution in [-0.2, 0) is 31.5 Å². The number of hydrogen-bond acceptors (Lipinski definition) is 10. The fourth-order valence-electron chi connectivity index (χ4n) is 3.37. The Bertz CT molecular complexity index is 1570. The van der Waals surface area contributed by atoms with Gasteiger partial charge in [0.05, 0.1) is 18.9 Å². The summed E-state index contributed by atoms with van der Waals surface area (Å²) in [5.41, 5.74) is 8.59. The second-order valence-corrected chi connectivity index (χ2v) is 11.7. The Morgan fingerprint density at radius 3 is 2.50 bits per heavy atom. The molecule has 3 aromatic rings. The van der Waals surface area contributed by atoms with Gasteiger partial charge in [0.2, 0.25) is 10.0 Å². The van der Waals surface area contributed by atoms with E-state index in [9.17, 15) is 16.8 Å². The molecule has 3 N–H and O–H groups in total. The predicted molar refractivity (Wildman–Crippen MR) is 144 cm³/mol. The normalized spacial score (nSPS) is 12.1. The average Bonchev–Trinajstić information content (AvgIpc) is 3.43. The van der Waals surface area contributed by atoms with Gasteiger partial charge < -0.3 is 24.0 Å². The van der Waals surface area contributed by atoms with Gasteiger partial charge in [-0.25, -0.2) is 8.42 Å². The van der Waals surface area contributed by atoms with Crippen LogP contribution in [0.15, 0.2) is 80.2 Å². The Kier molecular flexibility index (Phi) is 10.4. The lowest BCUT2D eigenvalue weighted by atomic mass is 10.2. The first-order chi connectivity index (χ1) is 19.1. The number of sulfonamides is 1.